The summed E-state index contributed by atoms with van der Waals surface area (Å²) in [6.45, 7) is 0.0638. The van der Waals surface area contributed by atoms with Crippen LogP contribution in [-0.2, 0) is 0 Å². The van der Waals surface area contributed by atoms with Crippen LogP contribution in [0.3, 0.4) is 0 Å². The molecule has 0 spiro atoms. The van der Waals surface area contributed by atoms with Gasteiger partial charge in [0.25, 0.3) is 5.91 Å². The number of carbonyl (C=O) groups is 1. The molecule has 1 heterocycles. The zero-order chi connectivity index (χ0) is 15.8. The highest BCUT2D eigenvalue weighted by molar-refractivity contribution is 5.93. The molecule has 1 aromatic carbocycles. The first-order valence-electron chi connectivity index (χ1n) is 6.38. The van der Waals surface area contributed by atoms with Gasteiger partial charge in [0.1, 0.15) is 12.4 Å². The number of benzene rings is 1. The molecule has 0 aliphatic rings. The lowest BCUT2D eigenvalue weighted by atomic mass is 10.3. The SMILES string of the molecule is O=C(NCC#CCOc1ccc(F)cc1F)c1cccnc1. The average molecular weight is 302 g/mol. The molecule has 0 atom stereocenters. The second kappa shape index (κ2) is 7.74. The van der Waals surface area contributed by atoms with E-state index in [0.29, 0.717) is 5.56 Å². The fraction of sp³-hybridized carbons (Fsp3) is 0.125. The molecule has 0 aliphatic heterocycles. The fourth-order valence-corrected chi connectivity index (χ4v) is 1.54. The van der Waals surface area contributed by atoms with Crippen LogP contribution in [-0.4, -0.2) is 24.0 Å². The van der Waals surface area contributed by atoms with Gasteiger partial charge in [-0.05, 0) is 24.3 Å². The number of rotatable bonds is 4. The molecule has 0 saturated heterocycles. The van der Waals surface area contributed by atoms with Crippen molar-refractivity contribution in [1.29, 1.82) is 0 Å². The van der Waals surface area contributed by atoms with E-state index < -0.39 is 11.6 Å². The Kier molecular flexibility index (Phi) is 5.44. The summed E-state index contributed by atoms with van der Waals surface area (Å²) in [5.74, 6) is 3.47. The molecule has 1 amide bonds. The van der Waals surface area contributed by atoms with Crippen LogP contribution in [0.25, 0.3) is 0 Å². The molecule has 0 fully saturated rings. The highest BCUT2D eigenvalue weighted by atomic mass is 19.1. The first kappa shape index (κ1) is 15.4. The summed E-state index contributed by atoms with van der Waals surface area (Å²) in [5.41, 5.74) is 0.439. The van der Waals surface area contributed by atoms with E-state index in [9.17, 15) is 13.6 Å². The van der Waals surface area contributed by atoms with Crippen molar-refractivity contribution in [1.82, 2.24) is 10.3 Å². The number of pyridine rings is 1. The van der Waals surface area contributed by atoms with Crippen molar-refractivity contribution in [2.75, 3.05) is 13.2 Å². The highest BCUT2D eigenvalue weighted by Gasteiger charge is 2.04. The molecule has 0 bridgehead atoms. The van der Waals surface area contributed by atoms with Gasteiger partial charge in [0.2, 0.25) is 0 Å². The predicted molar refractivity (Wildman–Crippen MR) is 76.2 cm³/mol. The zero-order valence-corrected chi connectivity index (χ0v) is 11.5. The van der Waals surface area contributed by atoms with Crippen LogP contribution in [0.15, 0.2) is 42.7 Å². The number of aromatic nitrogens is 1. The van der Waals surface area contributed by atoms with Gasteiger partial charge in [-0.3, -0.25) is 9.78 Å². The number of nitrogens with zero attached hydrogens (tertiary/aromatic N) is 1. The average Bonchev–Trinajstić information content (AvgIpc) is 2.53. The van der Waals surface area contributed by atoms with Gasteiger partial charge in [-0.15, -0.1) is 0 Å². The van der Waals surface area contributed by atoms with E-state index in [1.165, 1.54) is 12.3 Å². The monoisotopic (exact) mass is 302 g/mol. The minimum atomic E-state index is -0.785. The maximum atomic E-state index is 13.2. The van der Waals surface area contributed by atoms with Crippen LogP contribution in [0.2, 0.25) is 0 Å². The van der Waals surface area contributed by atoms with E-state index in [-0.39, 0.29) is 24.8 Å². The Balaban J connectivity index is 1.74. The summed E-state index contributed by atoms with van der Waals surface area (Å²) >= 11 is 0. The largest absolute Gasteiger partial charge is 0.478 e. The van der Waals surface area contributed by atoms with E-state index in [4.69, 9.17) is 4.74 Å². The Morgan fingerprint density at radius 2 is 2.14 bits per heavy atom. The number of amides is 1. The Morgan fingerprint density at radius 3 is 2.86 bits per heavy atom. The van der Waals surface area contributed by atoms with Crippen molar-refractivity contribution < 1.29 is 18.3 Å². The molecule has 2 rings (SSSR count). The molecule has 1 aromatic heterocycles. The normalized spacial score (nSPS) is 9.55. The van der Waals surface area contributed by atoms with Crippen molar-refractivity contribution in [2.24, 2.45) is 0 Å². The van der Waals surface area contributed by atoms with E-state index >= 15 is 0 Å². The van der Waals surface area contributed by atoms with E-state index in [0.717, 1.165) is 12.1 Å². The van der Waals surface area contributed by atoms with Crippen molar-refractivity contribution >= 4 is 5.91 Å². The van der Waals surface area contributed by atoms with E-state index in [2.05, 4.69) is 22.1 Å². The quantitative estimate of drug-likeness (QED) is 0.881. The fourth-order valence-electron chi connectivity index (χ4n) is 1.54. The van der Waals surface area contributed by atoms with Crippen LogP contribution in [0, 0.1) is 23.5 Å². The number of hydrogen-bond acceptors (Lipinski definition) is 3. The smallest absolute Gasteiger partial charge is 0.253 e. The maximum Gasteiger partial charge on any atom is 0.253 e. The van der Waals surface area contributed by atoms with Crippen LogP contribution >= 0.6 is 0 Å². The Hall–Kier alpha value is -2.94. The second-order valence-electron chi connectivity index (χ2n) is 4.14. The van der Waals surface area contributed by atoms with Crippen LogP contribution < -0.4 is 10.1 Å². The molecule has 0 radical (unpaired) electrons. The predicted octanol–water partition coefficient (Wildman–Crippen LogP) is 2.17. The van der Waals surface area contributed by atoms with Crippen LogP contribution in [0.4, 0.5) is 8.78 Å². The van der Waals surface area contributed by atoms with Crippen molar-refractivity contribution in [3.8, 4) is 17.6 Å². The van der Waals surface area contributed by atoms with Gasteiger partial charge in [-0.25, -0.2) is 8.78 Å². The molecular weight excluding hydrogens is 290 g/mol. The number of hydrogen-bond donors (Lipinski definition) is 1. The maximum absolute atomic E-state index is 13.2. The molecule has 6 heteroatoms. The number of halogens is 2. The molecule has 112 valence electrons. The highest BCUT2D eigenvalue weighted by Crippen LogP contribution is 2.17. The summed E-state index contributed by atoms with van der Waals surface area (Å²) in [6, 6.07) is 6.31. The minimum Gasteiger partial charge on any atom is -0.478 e. The van der Waals surface area contributed by atoms with Crippen molar-refractivity contribution in [3.05, 3.63) is 59.9 Å². The third-order valence-electron chi connectivity index (χ3n) is 2.58. The summed E-state index contributed by atoms with van der Waals surface area (Å²) in [7, 11) is 0. The molecule has 2 aromatic rings. The molecule has 1 N–H and O–H groups in total. The molecule has 0 unspecified atom stereocenters. The first-order valence-corrected chi connectivity index (χ1v) is 6.38. The van der Waals surface area contributed by atoms with Gasteiger partial charge in [0.05, 0.1) is 12.1 Å². The van der Waals surface area contributed by atoms with Crippen molar-refractivity contribution in [2.45, 2.75) is 0 Å². The zero-order valence-electron chi connectivity index (χ0n) is 11.5. The minimum absolute atomic E-state index is 0.0642. The Labute approximate surface area is 126 Å². The number of nitrogens with one attached hydrogen (secondary N) is 1. The summed E-state index contributed by atoms with van der Waals surface area (Å²) in [4.78, 5) is 15.5. The van der Waals surface area contributed by atoms with E-state index in [1.807, 2.05) is 0 Å². The lowest BCUT2D eigenvalue weighted by molar-refractivity contribution is 0.0958. The van der Waals surface area contributed by atoms with Gasteiger partial charge < -0.3 is 10.1 Å². The number of ether oxygens (including phenoxy) is 1. The third kappa shape index (κ3) is 4.56. The third-order valence-corrected chi connectivity index (χ3v) is 2.58. The van der Waals surface area contributed by atoms with E-state index in [1.54, 1.807) is 18.3 Å². The molecule has 0 saturated carbocycles. The van der Waals surface area contributed by atoms with Crippen molar-refractivity contribution in [3.63, 3.8) is 0 Å². The summed E-state index contributed by atoms with van der Waals surface area (Å²) in [6.07, 6.45) is 3.02. The lowest BCUT2D eigenvalue weighted by Gasteiger charge is -2.03. The Bertz CT molecular complexity index is 709. The molecular formula is C16H12F2N2O2. The Morgan fingerprint density at radius 1 is 1.27 bits per heavy atom. The van der Waals surface area contributed by atoms with Crippen LogP contribution in [0.5, 0.6) is 5.75 Å². The van der Waals surface area contributed by atoms with Gasteiger partial charge in [0.15, 0.2) is 11.6 Å². The topological polar surface area (TPSA) is 51.2 Å². The molecule has 0 aliphatic carbocycles. The van der Waals surface area contributed by atoms with Gasteiger partial charge >= 0.3 is 0 Å². The standard InChI is InChI=1S/C16H12F2N2O2/c17-13-5-6-15(14(18)10-13)22-9-2-1-8-20-16(21)12-4-3-7-19-11-12/h3-7,10-11H,8-9H2,(H,20,21). The summed E-state index contributed by atoms with van der Waals surface area (Å²) < 4.78 is 31.0. The lowest BCUT2D eigenvalue weighted by Crippen LogP contribution is -2.23. The second-order valence-corrected chi connectivity index (χ2v) is 4.14. The summed E-state index contributed by atoms with van der Waals surface area (Å²) in [5, 5.41) is 2.58. The first-order chi connectivity index (χ1) is 10.7. The van der Waals surface area contributed by atoms with Gasteiger partial charge in [-0.1, -0.05) is 11.8 Å². The van der Waals surface area contributed by atoms with Crippen LogP contribution in [0.1, 0.15) is 10.4 Å². The molecule has 22 heavy (non-hydrogen) atoms. The van der Waals surface area contributed by atoms with Gasteiger partial charge in [-0.2, -0.15) is 0 Å². The number of carbonyl (C=O) groups excluding carboxylic acids is 1. The molecule has 4 nitrogen and oxygen atoms in total. The van der Waals surface area contributed by atoms with Gasteiger partial charge in [0, 0.05) is 18.5 Å².